The minimum absolute atomic E-state index is 0.0641. The van der Waals surface area contributed by atoms with Crippen LogP contribution >= 0.6 is 11.3 Å². The zero-order valence-electron chi connectivity index (χ0n) is 32.5. The number of ether oxygens (including phenoxy) is 1. The highest BCUT2D eigenvalue weighted by Gasteiger charge is 2.36. The molecule has 0 saturated carbocycles. The van der Waals surface area contributed by atoms with Gasteiger partial charge in [0.2, 0.25) is 0 Å². The maximum absolute atomic E-state index is 6.88. The van der Waals surface area contributed by atoms with Gasteiger partial charge in [0.15, 0.2) is 5.84 Å². The third-order valence-electron chi connectivity index (χ3n) is 11.8. The summed E-state index contributed by atoms with van der Waals surface area (Å²) in [5.41, 5.74) is 13.5. The van der Waals surface area contributed by atoms with Crippen LogP contribution in [0.3, 0.4) is 0 Å². The van der Waals surface area contributed by atoms with Gasteiger partial charge in [-0.05, 0) is 94.6 Å². The van der Waals surface area contributed by atoms with Crippen LogP contribution in [0.2, 0.25) is 0 Å². The summed E-state index contributed by atoms with van der Waals surface area (Å²) in [7, 11) is 0. The van der Waals surface area contributed by atoms with Crippen molar-refractivity contribution in [3.63, 3.8) is 0 Å². The number of benzene rings is 7. The molecule has 0 saturated heterocycles. The second-order valence-corrected chi connectivity index (χ2v) is 16.5. The van der Waals surface area contributed by atoms with E-state index in [9.17, 15) is 0 Å². The summed E-state index contributed by atoms with van der Waals surface area (Å²) in [6, 6.07) is 58.7. The lowest BCUT2D eigenvalue weighted by Gasteiger charge is -2.18. The van der Waals surface area contributed by atoms with Gasteiger partial charge in [-0.2, -0.15) is 0 Å². The van der Waals surface area contributed by atoms with Crippen molar-refractivity contribution in [1.82, 2.24) is 0 Å². The van der Waals surface area contributed by atoms with Crippen molar-refractivity contribution < 1.29 is 4.74 Å². The number of nitrogens with zero attached hydrogens (tertiary/aromatic N) is 2. The van der Waals surface area contributed by atoms with Gasteiger partial charge >= 0.3 is 0 Å². The number of hydrogen-bond donors (Lipinski definition) is 0. The number of amidine groups is 1. The molecule has 2 atom stereocenters. The molecule has 0 radical (unpaired) electrons. The summed E-state index contributed by atoms with van der Waals surface area (Å²) >= 11 is 1.87. The maximum Gasteiger partial charge on any atom is 0.160 e. The molecule has 59 heavy (non-hydrogen) atoms. The van der Waals surface area contributed by atoms with Crippen LogP contribution in [0.1, 0.15) is 47.4 Å². The molecule has 2 unspecified atom stereocenters. The molecule has 3 heterocycles. The first kappa shape index (κ1) is 35.3. The van der Waals surface area contributed by atoms with E-state index in [2.05, 4.69) is 194 Å². The molecule has 7 aromatic carbocycles. The second kappa shape index (κ2) is 15.1. The monoisotopic (exact) mass is 776 g/mol. The van der Waals surface area contributed by atoms with E-state index >= 15 is 0 Å². The fourth-order valence-electron chi connectivity index (χ4n) is 8.88. The van der Waals surface area contributed by atoms with Crippen molar-refractivity contribution >= 4 is 48.8 Å². The summed E-state index contributed by atoms with van der Waals surface area (Å²) in [4.78, 5) is 11.0. The van der Waals surface area contributed by atoms with Crippen LogP contribution in [-0.4, -0.2) is 17.7 Å². The average molecular weight is 777 g/mol. The van der Waals surface area contributed by atoms with Gasteiger partial charge in [0.1, 0.15) is 11.9 Å². The SMILES string of the molecule is C1=CC2Oc3cc(C4=C\CCC/C(c5ccccc5)=N/C(c5ccc(-c6ccccc6)cc5)=N\4)cc(-c4cc(-c5ccccc5)cc5sc6ccccc6c45)c3C2C=C1. The lowest BCUT2D eigenvalue weighted by atomic mass is 9.83. The molecule has 0 amide bonds. The topological polar surface area (TPSA) is 34.0 Å². The number of allylic oxidation sites excluding steroid dienone is 3. The van der Waals surface area contributed by atoms with Crippen LogP contribution in [-0.2, 0) is 0 Å². The second-order valence-electron chi connectivity index (χ2n) is 15.5. The van der Waals surface area contributed by atoms with Gasteiger partial charge in [0, 0.05) is 42.8 Å². The Labute approximate surface area is 348 Å². The van der Waals surface area contributed by atoms with Crippen molar-refractivity contribution in [1.29, 1.82) is 0 Å². The molecule has 4 heteroatoms. The molecule has 0 fully saturated rings. The predicted molar refractivity (Wildman–Crippen MR) is 249 cm³/mol. The van der Waals surface area contributed by atoms with E-state index < -0.39 is 0 Å². The van der Waals surface area contributed by atoms with Crippen molar-refractivity contribution in [3.8, 4) is 39.1 Å². The minimum atomic E-state index is -0.0641. The predicted octanol–water partition coefficient (Wildman–Crippen LogP) is 14.5. The first-order valence-electron chi connectivity index (χ1n) is 20.5. The Morgan fingerprint density at radius 1 is 0.525 bits per heavy atom. The quantitative estimate of drug-likeness (QED) is 0.166. The summed E-state index contributed by atoms with van der Waals surface area (Å²) < 4.78 is 9.45. The summed E-state index contributed by atoms with van der Waals surface area (Å²) in [5.74, 6) is 1.73. The molecule has 0 bridgehead atoms. The number of rotatable bonds is 6. The molecular formula is C55H40N2OS. The van der Waals surface area contributed by atoms with Crippen LogP contribution < -0.4 is 4.74 Å². The smallest absolute Gasteiger partial charge is 0.160 e. The molecule has 3 aliphatic rings. The number of fused-ring (bicyclic) bond motifs is 6. The minimum Gasteiger partial charge on any atom is -0.485 e. The van der Waals surface area contributed by atoms with Crippen molar-refractivity contribution in [2.45, 2.75) is 31.3 Å². The fraction of sp³-hybridized carbons (Fsp3) is 0.0909. The molecule has 2 aliphatic heterocycles. The third-order valence-corrected chi connectivity index (χ3v) is 12.9. The zero-order chi connectivity index (χ0) is 39.1. The van der Waals surface area contributed by atoms with E-state index in [1.165, 1.54) is 53.6 Å². The molecule has 1 aliphatic carbocycles. The van der Waals surface area contributed by atoms with Crippen LogP contribution in [0.25, 0.3) is 59.3 Å². The van der Waals surface area contributed by atoms with Gasteiger partial charge in [-0.25, -0.2) is 9.98 Å². The van der Waals surface area contributed by atoms with Crippen LogP contribution in [0.5, 0.6) is 5.75 Å². The van der Waals surface area contributed by atoms with Crippen LogP contribution in [0.4, 0.5) is 0 Å². The molecule has 8 aromatic rings. The standard InChI is InChI=1S/C55H40N2OS/c1-4-16-36(17-5-1)38-28-30-40(31-29-38)55-56-47(39-20-8-3-9-21-39)24-12-13-25-48(57-55)42-33-45(53-43-22-10-14-26-49(43)58-50(53)34-42)46-32-41(37-18-6-2-7-19-37)35-52-54(46)44-23-11-15-27-51(44)59-52/h1-11,14-23,25-35,43,49H,12-13,24H2/b48-25+,56-47-,57-55-. The normalized spacial score (nSPS) is 19.9. The molecular weight excluding hydrogens is 737 g/mol. The largest absolute Gasteiger partial charge is 0.485 e. The van der Waals surface area contributed by atoms with Crippen LogP contribution in [0.15, 0.2) is 204 Å². The molecule has 11 rings (SSSR count). The highest BCUT2D eigenvalue weighted by atomic mass is 32.1. The van der Waals surface area contributed by atoms with E-state index in [4.69, 9.17) is 14.7 Å². The first-order valence-corrected chi connectivity index (χ1v) is 21.3. The highest BCUT2D eigenvalue weighted by molar-refractivity contribution is 7.26. The third kappa shape index (κ3) is 6.66. The van der Waals surface area contributed by atoms with Gasteiger partial charge in [-0.1, -0.05) is 158 Å². The van der Waals surface area contributed by atoms with Gasteiger partial charge in [-0.15, -0.1) is 11.3 Å². The molecule has 0 N–H and O–H groups in total. The number of thiophene rings is 1. The van der Waals surface area contributed by atoms with Gasteiger partial charge in [0.25, 0.3) is 0 Å². The zero-order valence-corrected chi connectivity index (χ0v) is 33.3. The lowest BCUT2D eigenvalue weighted by molar-refractivity contribution is 0.269. The maximum atomic E-state index is 6.88. The Bertz CT molecular complexity index is 3030. The Morgan fingerprint density at radius 2 is 1.17 bits per heavy atom. The van der Waals surface area contributed by atoms with Crippen LogP contribution in [0, 0.1) is 0 Å². The van der Waals surface area contributed by atoms with E-state index in [1.54, 1.807) is 0 Å². The van der Waals surface area contributed by atoms with E-state index in [1.807, 2.05) is 11.3 Å². The highest BCUT2D eigenvalue weighted by Crippen LogP contribution is 2.51. The van der Waals surface area contributed by atoms with E-state index in [0.717, 1.165) is 58.7 Å². The van der Waals surface area contributed by atoms with Gasteiger partial charge in [0.05, 0.1) is 11.4 Å². The molecule has 3 nitrogen and oxygen atoms in total. The number of hydrogen-bond acceptors (Lipinski definition) is 4. The van der Waals surface area contributed by atoms with Crippen molar-refractivity contribution in [3.05, 3.63) is 216 Å². The molecule has 0 spiro atoms. The van der Waals surface area contributed by atoms with Gasteiger partial charge < -0.3 is 4.74 Å². The Kier molecular flexibility index (Phi) is 9.05. The lowest BCUT2D eigenvalue weighted by Crippen LogP contribution is -2.15. The summed E-state index contributed by atoms with van der Waals surface area (Å²) in [6.07, 6.45) is 13.7. The van der Waals surface area contributed by atoms with Crippen molar-refractivity contribution in [2.24, 2.45) is 9.98 Å². The van der Waals surface area contributed by atoms with E-state index in [0.29, 0.717) is 5.84 Å². The van der Waals surface area contributed by atoms with Crippen molar-refractivity contribution in [2.75, 3.05) is 0 Å². The van der Waals surface area contributed by atoms with Gasteiger partial charge in [-0.3, -0.25) is 0 Å². The Balaban J connectivity index is 1.13. The fourth-order valence-corrected chi connectivity index (χ4v) is 10.1. The molecule has 1 aromatic heterocycles. The summed E-state index contributed by atoms with van der Waals surface area (Å²) in [5, 5.41) is 2.56. The Hall–Kier alpha value is -6.88. The summed E-state index contributed by atoms with van der Waals surface area (Å²) in [6.45, 7) is 0. The Morgan fingerprint density at radius 3 is 1.95 bits per heavy atom. The number of aliphatic imine (C=N–C) groups is 2. The van der Waals surface area contributed by atoms with E-state index in [-0.39, 0.29) is 12.0 Å². The average Bonchev–Trinajstić information content (AvgIpc) is 3.90. The first-order chi connectivity index (χ1) is 29.2. The molecule has 282 valence electrons.